The Kier molecular flexibility index (Phi) is 5.35. The van der Waals surface area contributed by atoms with Crippen LogP contribution < -0.4 is 5.32 Å². The van der Waals surface area contributed by atoms with Crippen molar-refractivity contribution in [3.8, 4) is 6.07 Å². The second-order valence-electron chi connectivity index (χ2n) is 7.07. The molecule has 1 atom stereocenters. The Balaban J connectivity index is 1.52. The number of morpholine rings is 1. The molecule has 0 unspecified atom stereocenters. The van der Waals surface area contributed by atoms with Gasteiger partial charge in [0.2, 0.25) is 5.91 Å². The van der Waals surface area contributed by atoms with Crippen molar-refractivity contribution >= 4 is 5.91 Å². The number of carbonyl (C=O) groups excluding carboxylic acids is 1. The lowest BCUT2D eigenvalue weighted by Crippen LogP contribution is -2.52. The molecule has 0 spiro atoms. The van der Waals surface area contributed by atoms with Gasteiger partial charge in [-0.2, -0.15) is 10.4 Å². The Morgan fingerprint density at radius 1 is 1.44 bits per heavy atom. The number of aryl methyl sites for hydroxylation is 2. The summed E-state index contributed by atoms with van der Waals surface area (Å²) in [6.07, 6.45) is 3.50. The van der Waals surface area contributed by atoms with Gasteiger partial charge < -0.3 is 10.1 Å². The Morgan fingerprint density at radius 3 is 2.84 bits per heavy atom. The molecule has 2 fully saturated rings. The van der Waals surface area contributed by atoms with E-state index in [1.165, 1.54) is 0 Å². The summed E-state index contributed by atoms with van der Waals surface area (Å²) in [5.41, 5.74) is -0.655. The van der Waals surface area contributed by atoms with Crippen LogP contribution in [0.15, 0.2) is 0 Å². The smallest absolute Gasteiger partial charge is 0.235 e. The lowest BCUT2D eigenvalue weighted by Gasteiger charge is -2.33. The topological polar surface area (TPSA) is 96.1 Å². The summed E-state index contributed by atoms with van der Waals surface area (Å²) in [6.45, 7) is 6.72. The van der Waals surface area contributed by atoms with Crippen molar-refractivity contribution in [2.24, 2.45) is 0 Å². The number of nitrogens with one attached hydrogen (secondary N) is 1. The summed E-state index contributed by atoms with van der Waals surface area (Å²) in [7, 11) is 0. The molecule has 25 heavy (non-hydrogen) atoms. The quantitative estimate of drug-likeness (QED) is 0.836. The molecule has 8 nitrogen and oxygen atoms in total. The van der Waals surface area contributed by atoms with E-state index in [-0.39, 0.29) is 12.0 Å². The molecule has 2 aliphatic rings. The maximum Gasteiger partial charge on any atom is 0.235 e. The lowest BCUT2D eigenvalue weighted by atomic mass is 10.00. The Bertz CT molecular complexity index is 659. The molecule has 1 aliphatic carbocycles. The first-order valence-corrected chi connectivity index (χ1v) is 8.94. The van der Waals surface area contributed by atoms with Gasteiger partial charge in [0.25, 0.3) is 0 Å². The summed E-state index contributed by atoms with van der Waals surface area (Å²) in [5, 5.41) is 16.7. The minimum absolute atomic E-state index is 0.0160. The predicted octanol–water partition coefficient (Wildman–Crippen LogP) is 0.548. The van der Waals surface area contributed by atoms with Crippen LogP contribution in [-0.2, 0) is 16.1 Å². The highest BCUT2D eigenvalue weighted by Crippen LogP contribution is 2.28. The summed E-state index contributed by atoms with van der Waals surface area (Å²) >= 11 is 0. The van der Waals surface area contributed by atoms with Crippen LogP contribution in [0.25, 0.3) is 0 Å². The van der Waals surface area contributed by atoms with Crippen molar-refractivity contribution in [3.05, 3.63) is 11.6 Å². The molecule has 1 saturated heterocycles. The van der Waals surface area contributed by atoms with Gasteiger partial charge in [-0.05, 0) is 39.5 Å². The Morgan fingerprint density at radius 2 is 2.20 bits per heavy atom. The maximum absolute atomic E-state index is 12.4. The molecule has 1 aromatic heterocycles. The number of hydrogen-bond acceptors (Lipinski definition) is 6. The van der Waals surface area contributed by atoms with Gasteiger partial charge in [-0.25, -0.2) is 9.67 Å². The van der Waals surface area contributed by atoms with Crippen molar-refractivity contribution in [3.63, 3.8) is 0 Å². The minimum atomic E-state index is -0.655. The number of ether oxygens (including phenoxy) is 1. The fourth-order valence-corrected chi connectivity index (χ4v) is 3.71. The number of nitrogens with zero attached hydrogens (tertiary/aromatic N) is 5. The molecule has 2 heterocycles. The van der Waals surface area contributed by atoms with E-state index in [1.54, 1.807) is 0 Å². The van der Waals surface area contributed by atoms with E-state index in [0.29, 0.717) is 26.2 Å². The van der Waals surface area contributed by atoms with Gasteiger partial charge in [-0.3, -0.25) is 9.69 Å². The number of hydrogen-bond donors (Lipinski definition) is 1. The van der Waals surface area contributed by atoms with Crippen molar-refractivity contribution in [2.75, 3.05) is 26.2 Å². The monoisotopic (exact) mass is 346 g/mol. The average molecular weight is 346 g/mol. The van der Waals surface area contributed by atoms with Crippen molar-refractivity contribution < 1.29 is 9.53 Å². The van der Waals surface area contributed by atoms with Gasteiger partial charge in [-0.1, -0.05) is 0 Å². The highest BCUT2D eigenvalue weighted by molar-refractivity contribution is 5.79. The van der Waals surface area contributed by atoms with Gasteiger partial charge >= 0.3 is 0 Å². The molecular formula is C17H26N6O2. The fourth-order valence-electron chi connectivity index (χ4n) is 3.71. The van der Waals surface area contributed by atoms with Crippen LogP contribution in [0.3, 0.4) is 0 Å². The number of aromatic nitrogens is 3. The van der Waals surface area contributed by atoms with Crippen LogP contribution in [-0.4, -0.2) is 63.5 Å². The van der Waals surface area contributed by atoms with E-state index in [9.17, 15) is 10.1 Å². The first kappa shape index (κ1) is 17.8. The maximum atomic E-state index is 12.4. The van der Waals surface area contributed by atoms with Gasteiger partial charge in [0.05, 0.1) is 31.9 Å². The molecule has 1 saturated carbocycles. The Hall–Kier alpha value is -1.98. The van der Waals surface area contributed by atoms with Gasteiger partial charge in [0.1, 0.15) is 17.2 Å². The molecule has 0 radical (unpaired) electrons. The van der Waals surface area contributed by atoms with E-state index in [4.69, 9.17) is 4.74 Å². The zero-order chi connectivity index (χ0) is 17.9. The highest BCUT2D eigenvalue weighted by atomic mass is 16.5. The number of amides is 1. The fraction of sp³-hybridized carbons (Fsp3) is 0.765. The van der Waals surface area contributed by atoms with E-state index >= 15 is 0 Å². The Labute approximate surface area is 148 Å². The number of carbonyl (C=O) groups is 1. The summed E-state index contributed by atoms with van der Waals surface area (Å²) in [5.74, 6) is 1.55. The molecule has 0 bridgehead atoms. The summed E-state index contributed by atoms with van der Waals surface area (Å²) in [4.78, 5) is 18.8. The number of rotatable bonds is 5. The minimum Gasteiger partial charge on any atom is -0.374 e. The second kappa shape index (κ2) is 7.50. The molecule has 1 amide bonds. The van der Waals surface area contributed by atoms with Crippen LogP contribution in [0.2, 0.25) is 0 Å². The van der Waals surface area contributed by atoms with Gasteiger partial charge in [-0.15, -0.1) is 0 Å². The molecule has 1 N–H and O–H groups in total. The van der Waals surface area contributed by atoms with Gasteiger partial charge in [0.15, 0.2) is 0 Å². The van der Waals surface area contributed by atoms with E-state index in [2.05, 4.69) is 26.4 Å². The average Bonchev–Trinajstić information content (AvgIpc) is 3.15. The first-order valence-electron chi connectivity index (χ1n) is 8.94. The third-order valence-electron chi connectivity index (χ3n) is 4.98. The molecule has 3 rings (SSSR count). The largest absolute Gasteiger partial charge is 0.374 e. The van der Waals surface area contributed by atoms with Crippen molar-refractivity contribution in [1.29, 1.82) is 5.26 Å². The first-order chi connectivity index (χ1) is 12.0. The molecule has 1 aliphatic heterocycles. The SMILES string of the molecule is Cc1nc(C)n(C[C@@H]2CN(CC(=O)NC3(C#N)CCCC3)CCO2)n1. The summed E-state index contributed by atoms with van der Waals surface area (Å²) < 4.78 is 7.67. The highest BCUT2D eigenvalue weighted by Gasteiger charge is 2.36. The molecule has 8 heteroatoms. The second-order valence-corrected chi connectivity index (χ2v) is 7.07. The van der Waals surface area contributed by atoms with Crippen LogP contribution >= 0.6 is 0 Å². The van der Waals surface area contributed by atoms with Crippen LogP contribution in [0.1, 0.15) is 37.3 Å². The standard InChI is InChI=1S/C17H26N6O2/c1-13-19-14(2)23(21-13)10-15-9-22(7-8-25-15)11-16(24)20-17(12-18)5-3-4-6-17/h15H,3-11H2,1-2H3,(H,20,24)/t15-/m0/s1. The third-order valence-corrected chi connectivity index (χ3v) is 4.98. The number of nitriles is 1. The predicted molar refractivity (Wildman–Crippen MR) is 90.6 cm³/mol. The summed E-state index contributed by atoms with van der Waals surface area (Å²) in [6, 6.07) is 2.30. The van der Waals surface area contributed by atoms with E-state index in [0.717, 1.165) is 43.9 Å². The third kappa shape index (κ3) is 4.35. The van der Waals surface area contributed by atoms with Crippen molar-refractivity contribution in [2.45, 2.75) is 57.7 Å². The van der Waals surface area contributed by atoms with Crippen LogP contribution in [0, 0.1) is 25.2 Å². The zero-order valence-corrected chi connectivity index (χ0v) is 15.0. The van der Waals surface area contributed by atoms with Crippen LogP contribution in [0.5, 0.6) is 0 Å². The van der Waals surface area contributed by atoms with Crippen molar-refractivity contribution in [1.82, 2.24) is 25.0 Å². The molecular weight excluding hydrogens is 320 g/mol. The molecule has 136 valence electrons. The van der Waals surface area contributed by atoms with E-state index < -0.39 is 5.54 Å². The van der Waals surface area contributed by atoms with Gasteiger partial charge in [0, 0.05) is 13.1 Å². The molecule has 1 aromatic rings. The lowest BCUT2D eigenvalue weighted by molar-refractivity contribution is -0.125. The molecule has 0 aromatic carbocycles. The van der Waals surface area contributed by atoms with Crippen LogP contribution in [0.4, 0.5) is 0 Å². The zero-order valence-electron chi connectivity index (χ0n) is 15.0. The van der Waals surface area contributed by atoms with E-state index in [1.807, 2.05) is 18.5 Å². The normalized spacial score (nSPS) is 23.3.